The van der Waals surface area contributed by atoms with Gasteiger partial charge in [-0.1, -0.05) is 37.3 Å². The van der Waals surface area contributed by atoms with E-state index in [1.54, 1.807) is 0 Å². The number of amides is 3. The average molecular weight is 331 g/mol. The molecule has 3 aliphatic rings. The Morgan fingerprint density at radius 3 is 2.50 bits per heavy atom. The monoisotopic (exact) mass is 331 g/mol. The second kappa shape index (κ2) is 6.22. The zero-order chi connectivity index (χ0) is 16.6. The highest BCUT2D eigenvalue weighted by Gasteiger charge is 2.50. The number of nitrogens with one attached hydrogen (secondary N) is 1. The second-order valence-electron chi connectivity index (χ2n) is 7.41. The number of fused-ring (bicyclic) bond motifs is 1. The summed E-state index contributed by atoms with van der Waals surface area (Å²) in [5, 5.41) is 7.16. The van der Waals surface area contributed by atoms with Crippen LogP contribution < -0.4 is 5.32 Å². The summed E-state index contributed by atoms with van der Waals surface area (Å²) >= 11 is 0. The lowest BCUT2D eigenvalue weighted by Gasteiger charge is -2.28. The Morgan fingerprint density at radius 2 is 1.71 bits per heavy atom. The fraction of sp³-hybridized carbons (Fsp3) is 0.722. The third-order valence-electron chi connectivity index (χ3n) is 5.79. The van der Waals surface area contributed by atoms with Crippen molar-refractivity contribution in [3.05, 3.63) is 17.0 Å². The van der Waals surface area contributed by atoms with E-state index in [1.807, 2.05) is 0 Å². The van der Waals surface area contributed by atoms with Gasteiger partial charge in [-0.15, -0.1) is 0 Å². The van der Waals surface area contributed by atoms with Crippen molar-refractivity contribution in [1.29, 1.82) is 0 Å². The van der Waals surface area contributed by atoms with Gasteiger partial charge in [0.25, 0.3) is 5.91 Å². The lowest BCUT2D eigenvalue weighted by atomic mass is 9.84. The molecule has 1 aliphatic heterocycles. The first-order chi connectivity index (χ1) is 11.7. The Bertz CT molecular complexity index is 644. The van der Waals surface area contributed by atoms with Gasteiger partial charge >= 0.3 is 6.03 Å². The van der Waals surface area contributed by atoms with E-state index in [1.165, 1.54) is 11.3 Å². The lowest BCUT2D eigenvalue weighted by Crippen LogP contribution is -2.47. The Morgan fingerprint density at radius 1 is 1.00 bits per heavy atom. The molecule has 2 aliphatic carbocycles. The molecule has 3 amide bonds. The molecule has 0 bridgehead atoms. The summed E-state index contributed by atoms with van der Waals surface area (Å²) in [4.78, 5) is 26.9. The lowest BCUT2D eigenvalue weighted by molar-refractivity contribution is -0.132. The maximum absolute atomic E-state index is 13.0. The van der Waals surface area contributed by atoms with E-state index >= 15 is 0 Å². The fourth-order valence-electron chi connectivity index (χ4n) is 4.39. The highest BCUT2D eigenvalue weighted by Crippen LogP contribution is 2.33. The van der Waals surface area contributed by atoms with Gasteiger partial charge in [0.2, 0.25) is 0 Å². The minimum Gasteiger partial charge on any atom is -0.361 e. The summed E-state index contributed by atoms with van der Waals surface area (Å²) in [7, 11) is 0. The topological polar surface area (TPSA) is 75.4 Å². The van der Waals surface area contributed by atoms with Crippen molar-refractivity contribution >= 4 is 11.9 Å². The minimum absolute atomic E-state index is 0.0676. The molecule has 6 heteroatoms. The molecule has 4 rings (SSSR count). The van der Waals surface area contributed by atoms with Gasteiger partial charge in [0, 0.05) is 12.0 Å². The molecule has 24 heavy (non-hydrogen) atoms. The molecule has 1 aromatic heterocycles. The molecule has 1 spiro atoms. The predicted octanol–water partition coefficient (Wildman–Crippen LogP) is 3.09. The summed E-state index contributed by atoms with van der Waals surface area (Å²) in [5.74, 6) is 0.867. The molecule has 0 atom stereocenters. The minimum atomic E-state index is -0.679. The number of urea groups is 1. The van der Waals surface area contributed by atoms with Gasteiger partial charge in [-0.25, -0.2) is 4.79 Å². The molecule has 2 fully saturated rings. The maximum Gasteiger partial charge on any atom is 0.325 e. The van der Waals surface area contributed by atoms with E-state index < -0.39 is 5.54 Å². The van der Waals surface area contributed by atoms with Crippen LogP contribution in [0.4, 0.5) is 4.79 Å². The number of nitrogens with zero attached hydrogens (tertiary/aromatic N) is 2. The van der Waals surface area contributed by atoms with Crippen molar-refractivity contribution in [3.63, 3.8) is 0 Å². The van der Waals surface area contributed by atoms with Gasteiger partial charge in [-0.2, -0.15) is 0 Å². The van der Waals surface area contributed by atoms with Crippen molar-refractivity contribution in [1.82, 2.24) is 15.4 Å². The van der Waals surface area contributed by atoms with Gasteiger partial charge < -0.3 is 9.84 Å². The van der Waals surface area contributed by atoms with E-state index in [2.05, 4.69) is 10.5 Å². The Kier molecular flexibility index (Phi) is 4.06. The SMILES string of the molecule is O=C1NC2(CCCCCCC2)C(=O)N1Cc1noc2c1CCCC2. The summed E-state index contributed by atoms with van der Waals surface area (Å²) in [6.07, 6.45) is 11.1. The Balaban J connectivity index is 1.54. The molecule has 0 unspecified atom stereocenters. The predicted molar refractivity (Wildman–Crippen MR) is 87.3 cm³/mol. The van der Waals surface area contributed by atoms with Gasteiger partial charge in [0.1, 0.15) is 17.0 Å². The smallest absolute Gasteiger partial charge is 0.325 e. The third-order valence-corrected chi connectivity index (χ3v) is 5.79. The molecule has 0 aromatic carbocycles. The molecular formula is C18H25N3O3. The Labute approximate surface area is 141 Å². The number of hydrogen-bond donors (Lipinski definition) is 1. The molecule has 1 saturated carbocycles. The third kappa shape index (κ3) is 2.62. The molecule has 130 valence electrons. The molecule has 1 aromatic rings. The van der Waals surface area contributed by atoms with Crippen LogP contribution in [0.2, 0.25) is 0 Å². The van der Waals surface area contributed by atoms with Crippen LogP contribution in [0.5, 0.6) is 0 Å². The zero-order valence-corrected chi connectivity index (χ0v) is 14.1. The molecule has 1 N–H and O–H groups in total. The summed E-state index contributed by atoms with van der Waals surface area (Å²) in [6.45, 7) is 0.241. The average Bonchev–Trinajstić information content (AvgIpc) is 3.07. The zero-order valence-electron chi connectivity index (χ0n) is 14.1. The van der Waals surface area contributed by atoms with Crippen LogP contribution in [0.1, 0.15) is 74.8 Å². The first-order valence-electron chi connectivity index (χ1n) is 9.30. The quantitative estimate of drug-likeness (QED) is 0.845. The van der Waals surface area contributed by atoms with Gasteiger partial charge in [0.05, 0.1) is 6.54 Å². The fourth-order valence-corrected chi connectivity index (χ4v) is 4.39. The number of rotatable bonds is 2. The van der Waals surface area contributed by atoms with Crippen molar-refractivity contribution in [2.45, 2.75) is 82.7 Å². The normalized spacial score (nSPS) is 23.8. The molecule has 6 nitrogen and oxygen atoms in total. The number of imide groups is 1. The molecule has 1 saturated heterocycles. The van der Waals surface area contributed by atoms with Crippen LogP contribution in [-0.4, -0.2) is 27.5 Å². The molecule has 0 radical (unpaired) electrons. The number of aromatic nitrogens is 1. The van der Waals surface area contributed by atoms with Gasteiger partial charge in [-0.05, 0) is 32.1 Å². The summed E-state index contributed by atoms with van der Waals surface area (Å²) in [6, 6.07) is -0.270. The van der Waals surface area contributed by atoms with Crippen molar-refractivity contribution in [3.8, 4) is 0 Å². The van der Waals surface area contributed by atoms with Crippen molar-refractivity contribution in [2.75, 3.05) is 0 Å². The number of hydrogen-bond acceptors (Lipinski definition) is 4. The second-order valence-corrected chi connectivity index (χ2v) is 7.41. The number of carbonyl (C=O) groups excluding carboxylic acids is 2. The van der Waals surface area contributed by atoms with E-state index in [0.717, 1.165) is 81.2 Å². The summed E-state index contributed by atoms with van der Waals surface area (Å²) < 4.78 is 5.42. The molecular weight excluding hydrogens is 306 g/mol. The van der Waals surface area contributed by atoms with E-state index in [0.29, 0.717) is 0 Å². The van der Waals surface area contributed by atoms with Crippen LogP contribution in [0.3, 0.4) is 0 Å². The molecule has 2 heterocycles. The standard InChI is InChI=1S/C18H25N3O3/c22-16-18(10-6-2-1-3-7-11-18)19-17(23)21(16)12-14-13-8-4-5-9-15(13)24-20-14/h1-12H2,(H,19,23). The maximum atomic E-state index is 13.0. The van der Waals surface area contributed by atoms with E-state index in [4.69, 9.17) is 4.52 Å². The van der Waals surface area contributed by atoms with Gasteiger partial charge in [0.15, 0.2) is 0 Å². The van der Waals surface area contributed by atoms with Crippen LogP contribution in [0.25, 0.3) is 0 Å². The first kappa shape index (κ1) is 15.7. The van der Waals surface area contributed by atoms with Crippen LogP contribution in [0, 0.1) is 0 Å². The number of carbonyl (C=O) groups is 2. The van der Waals surface area contributed by atoms with Crippen LogP contribution >= 0.6 is 0 Å². The first-order valence-corrected chi connectivity index (χ1v) is 9.30. The van der Waals surface area contributed by atoms with E-state index in [9.17, 15) is 9.59 Å². The largest absolute Gasteiger partial charge is 0.361 e. The van der Waals surface area contributed by atoms with Gasteiger partial charge in [-0.3, -0.25) is 9.69 Å². The van der Waals surface area contributed by atoms with E-state index in [-0.39, 0.29) is 18.5 Å². The Hall–Kier alpha value is -1.85. The van der Waals surface area contributed by atoms with Crippen molar-refractivity contribution < 1.29 is 14.1 Å². The summed E-state index contributed by atoms with van der Waals surface area (Å²) in [5.41, 5.74) is 1.19. The van der Waals surface area contributed by atoms with Crippen LogP contribution in [-0.2, 0) is 24.2 Å². The highest BCUT2D eigenvalue weighted by atomic mass is 16.5. The highest BCUT2D eigenvalue weighted by molar-refractivity contribution is 6.06. The number of aryl methyl sites for hydroxylation is 1. The van der Waals surface area contributed by atoms with Crippen molar-refractivity contribution in [2.24, 2.45) is 0 Å². The van der Waals surface area contributed by atoms with Crippen LogP contribution in [0.15, 0.2) is 4.52 Å².